The average molecular weight is 267 g/mol. The normalized spacial score (nSPS) is 10.7. The van der Waals surface area contributed by atoms with Gasteiger partial charge in [0.05, 0.1) is 0 Å². The Labute approximate surface area is 118 Å². The molecule has 0 aliphatic rings. The summed E-state index contributed by atoms with van der Waals surface area (Å²) in [5.41, 5.74) is 4.06. The molecule has 0 saturated heterocycles. The smallest absolute Gasteiger partial charge is 0.295 e. The molecule has 3 aromatic rings. The number of rotatable bonds is 4. The number of nitrogens with one attached hydrogen (secondary N) is 1. The average Bonchev–Trinajstić information content (AvgIpc) is 2.88. The number of oxazole rings is 1. The van der Waals surface area contributed by atoms with E-state index >= 15 is 0 Å². The van der Waals surface area contributed by atoms with Gasteiger partial charge in [-0.15, -0.1) is 0 Å². The Bertz CT molecular complexity index is 668. The molecule has 1 heterocycles. The van der Waals surface area contributed by atoms with E-state index in [1.54, 1.807) is 0 Å². The van der Waals surface area contributed by atoms with Gasteiger partial charge >= 0.3 is 0 Å². The van der Waals surface area contributed by atoms with Gasteiger partial charge in [0, 0.05) is 26.3 Å². The number of nitrogens with zero attached hydrogens (tertiary/aromatic N) is 2. The van der Waals surface area contributed by atoms with Crippen LogP contribution < -0.4 is 10.2 Å². The van der Waals surface area contributed by atoms with Crippen molar-refractivity contribution < 1.29 is 4.42 Å². The van der Waals surface area contributed by atoms with Crippen LogP contribution in [0.3, 0.4) is 0 Å². The van der Waals surface area contributed by atoms with Crippen molar-refractivity contribution in [3.05, 3.63) is 54.1 Å². The van der Waals surface area contributed by atoms with Crippen LogP contribution in [0, 0.1) is 0 Å². The molecule has 3 rings (SSSR count). The van der Waals surface area contributed by atoms with Gasteiger partial charge in [-0.2, -0.15) is 4.98 Å². The second-order valence-electron chi connectivity index (χ2n) is 4.90. The van der Waals surface area contributed by atoms with Gasteiger partial charge < -0.3 is 14.6 Å². The van der Waals surface area contributed by atoms with Crippen molar-refractivity contribution in [2.45, 2.75) is 6.54 Å². The van der Waals surface area contributed by atoms with E-state index in [4.69, 9.17) is 4.42 Å². The lowest BCUT2D eigenvalue weighted by Crippen LogP contribution is -2.08. The summed E-state index contributed by atoms with van der Waals surface area (Å²) in [4.78, 5) is 6.47. The molecule has 0 amide bonds. The third-order valence-corrected chi connectivity index (χ3v) is 3.19. The highest BCUT2D eigenvalue weighted by Gasteiger charge is 2.04. The molecule has 0 unspecified atom stereocenters. The topological polar surface area (TPSA) is 41.3 Å². The number of fused-ring (bicyclic) bond motifs is 1. The Morgan fingerprint density at radius 1 is 1.05 bits per heavy atom. The molecular formula is C16H17N3O. The van der Waals surface area contributed by atoms with Gasteiger partial charge in [0.15, 0.2) is 5.58 Å². The largest absolute Gasteiger partial charge is 0.424 e. The fourth-order valence-electron chi connectivity index (χ4n) is 2.04. The van der Waals surface area contributed by atoms with Crippen LogP contribution in [0.5, 0.6) is 0 Å². The first kappa shape index (κ1) is 12.5. The minimum atomic E-state index is 0.558. The summed E-state index contributed by atoms with van der Waals surface area (Å²) in [5.74, 6) is 0. The van der Waals surface area contributed by atoms with Crippen LogP contribution in [0.15, 0.2) is 52.9 Å². The van der Waals surface area contributed by atoms with Gasteiger partial charge in [0.25, 0.3) is 6.01 Å². The monoisotopic (exact) mass is 267 g/mol. The van der Waals surface area contributed by atoms with Crippen LogP contribution in [0.25, 0.3) is 11.1 Å². The van der Waals surface area contributed by atoms with Gasteiger partial charge in [-0.3, -0.25) is 0 Å². The standard InChI is InChI=1S/C16H17N3O/c1-19(2)13-9-7-12(8-10-13)11-17-16-18-14-5-3-4-6-15(14)20-16/h3-10H,11H2,1-2H3,(H,17,18). The third kappa shape index (κ3) is 2.59. The van der Waals surface area contributed by atoms with Crippen molar-refractivity contribution in [2.75, 3.05) is 24.3 Å². The van der Waals surface area contributed by atoms with Gasteiger partial charge in [0.2, 0.25) is 0 Å². The van der Waals surface area contributed by atoms with E-state index in [-0.39, 0.29) is 0 Å². The summed E-state index contributed by atoms with van der Waals surface area (Å²) in [6.07, 6.45) is 0. The molecule has 0 spiro atoms. The first-order valence-electron chi connectivity index (χ1n) is 6.58. The number of hydrogen-bond donors (Lipinski definition) is 1. The Morgan fingerprint density at radius 2 is 1.80 bits per heavy atom. The van der Waals surface area contributed by atoms with Crippen LogP contribution in [0.1, 0.15) is 5.56 Å². The zero-order valence-corrected chi connectivity index (χ0v) is 11.6. The highest BCUT2D eigenvalue weighted by Crippen LogP contribution is 2.19. The van der Waals surface area contributed by atoms with E-state index in [0.29, 0.717) is 12.6 Å². The first-order valence-corrected chi connectivity index (χ1v) is 6.58. The van der Waals surface area contributed by atoms with E-state index < -0.39 is 0 Å². The first-order chi connectivity index (χ1) is 9.72. The van der Waals surface area contributed by atoms with Gasteiger partial charge in [-0.1, -0.05) is 24.3 Å². The molecule has 4 nitrogen and oxygen atoms in total. The van der Waals surface area contributed by atoms with Crippen LogP contribution in [0.4, 0.5) is 11.7 Å². The summed E-state index contributed by atoms with van der Waals surface area (Å²) < 4.78 is 5.62. The molecule has 0 aliphatic heterocycles. The predicted octanol–water partition coefficient (Wildman–Crippen LogP) is 3.51. The van der Waals surface area contributed by atoms with Crippen LogP contribution in [0.2, 0.25) is 0 Å². The van der Waals surface area contributed by atoms with Gasteiger partial charge in [0.1, 0.15) is 5.52 Å². The molecule has 20 heavy (non-hydrogen) atoms. The number of anilines is 2. The van der Waals surface area contributed by atoms with E-state index in [9.17, 15) is 0 Å². The maximum absolute atomic E-state index is 5.62. The second kappa shape index (κ2) is 5.25. The molecule has 0 radical (unpaired) electrons. The lowest BCUT2D eigenvalue weighted by molar-refractivity contribution is 0.614. The van der Waals surface area contributed by atoms with Gasteiger partial charge in [-0.25, -0.2) is 0 Å². The maximum atomic E-state index is 5.62. The Hall–Kier alpha value is -2.49. The molecule has 4 heteroatoms. The molecule has 0 atom stereocenters. The quantitative estimate of drug-likeness (QED) is 0.785. The van der Waals surface area contributed by atoms with Crippen LogP contribution in [-0.2, 0) is 6.54 Å². The zero-order chi connectivity index (χ0) is 13.9. The minimum Gasteiger partial charge on any atom is -0.424 e. The molecular weight excluding hydrogens is 250 g/mol. The van der Waals surface area contributed by atoms with Crippen molar-refractivity contribution in [1.82, 2.24) is 4.98 Å². The highest BCUT2D eigenvalue weighted by molar-refractivity contribution is 5.74. The van der Waals surface area contributed by atoms with E-state index in [0.717, 1.165) is 11.1 Å². The SMILES string of the molecule is CN(C)c1ccc(CNc2nc3ccccc3o2)cc1. The number of para-hydroxylation sites is 2. The zero-order valence-electron chi connectivity index (χ0n) is 11.6. The van der Waals surface area contributed by atoms with Crippen molar-refractivity contribution in [3.8, 4) is 0 Å². The summed E-state index contributed by atoms with van der Waals surface area (Å²) in [6.45, 7) is 0.695. The minimum absolute atomic E-state index is 0.558. The molecule has 0 fully saturated rings. The molecule has 0 bridgehead atoms. The molecule has 102 valence electrons. The summed E-state index contributed by atoms with van der Waals surface area (Å²) in [5, 5.41) is 3.21. The summed E-state index contributed by atoms with van der Waals surface area (Å²) >= 11 is 0. The number of aromatic nitrogens is 1. The fraction of sp³-hybridized carbons (Fsp3) is 0.188. The van der Waals surface area contributed by atoms with Crippen LogP contribution in [-0.4, -0.2) is 19.1 Å². The molecule has 0 saturated carbocycles. The molecule has 1 aromatic heterocycles. The third-order valence-electron chi connectivity index (χ3n) is 3.19. The van der Waals surface area contributed by atoms with Crippen molar-refractivity contribution in [2.24, 2.45) is 0 Å². The van der Waals surface area contributed by atoms with Gasteiger partial charge in [-0.05, 0) is 29.8 Å². The number of benzene rings is 2. The summed E-state index contributed by atoms with van der Waals surface area (Å²) in [6, 6.07) is 16.7. The highest BCUT2D eigenvalue weighted by atomic mass is 16.4. The molecule has 2 aromatic carbocycles. The predicted molar refractivity (Wildman–Crippen MR) is 82.1 cm³/mol. The Kier molecular flexibility index (Phi) is 3.29. The van der Waals surface area contributed by atoms with E-state index in [1.165, 1.54) is 11.3 Å². The molecule has 1 N–H and O–H groups in total. The van der Waals surface area contributed by atoms with E-state index in [2.05, 4.69) is 39.5 Å². The maximum Gasteiger partial charge on any atom is 0.295 e. The molecule has 0 aliphatic carbocycles. The van der Waals surface area contributed by atoms with Crippen LogP contribution >= 0.6 is 0 Å². The summed E-state index contributed by atoms with van der Waals surface area (Å²) in [7, 11) is 4.07. The van der Waals surface area contributed by atoms with E-state index in [1.807, 2.05) is 38.4 Å². The van der Waals surface area contributed by atoms with Crippen molar-refractivity contribution in [1.29, 1.82) is 0 Å². The lowest BCUT2D eigenvalue weighted by Gasteiger charge is -2.12. The second-order valence-corrected chi connectivity index (χ2v) is 4.90. The van der Waals surface area contributed by atoms with Crippen molar-refractivity contribution in [3.63, 3.8) is 0 Å². The Morgan fingerprint density at radius 3 is 2.50 bits per heavy atom. The lowest BCUT2D eigenvalue weighted by atomic mass is 10.2. The van der Waals surface area contributed by atoms with Crippen molar-refractivity contribution >= 4 is 22.8 Å². The Balaban J connectivity index is 1.69. The fourth-order valence-corrected chi connectivity index (χ4v) is 2.04. The number of hydrogen-bond acceptors (Lipinski definition) is 4.